The maximum Gasteiger partial charge on any atom is 0.233 e. The molecule has 2 rings (SSSR count). The number of aryl methyl sites for hydroxylation is 2. The van der Waals surface area contributed by atoms with Crippen molar-refractivity contribution in [1.82, 2.24) is 14.9 Å². The first-order valence-electron chi connectivity index (χ1n) is 7.45. The number of halogens is 1. The molecular weight excluding hydrogens is 313 g/mol. The van der Waals surface area contributed by atoms with Gasteiger partial charge < -0.3 is 4.90 Å². The van der Waals surface area contributed by atoms with Crippen LogP contribution >= 0.6 is 11.8 Å². The minimum absolute atomic E-state index is 0.00970. The van der Waals surface area contributed by atoms with Gasteiger partial charge in [0, 0.05) is 24.5 Å². The molecule has 4 nitrogen and oxygen atoms in total. The Morgan fingerprint density at radius 1 is 1.22 bits per heavy atom. The molecule has 23 heavy (non-hydrogen) atoms. The monoisotopic (exact) mass is 333 g/mol. The van der Waals surface area contributed by atoms with Gasteiger partial charge in [-0.05, 0) is 44.5 Å². The molecule has 0 saturated carbocycles. The van der Waals surface area contributed by atoms with Crippen molar-refractivity contribution in [1.29, 1.82) is 0 Å². The van der Waals surface area contributed by atoms with E-state index >= 15 is 0 Å². The summed E-state index contributed by atoms with van der Waals surface area (Å²) < 4.78 is 13.2. The number of aromatic nitrogens is 2. The SMILES string of the molecule is CCN(Cc1cccc(F)c1)C(=O)CSc1nc(C)cc(C)n1. The summed E-state index contributed by atoms with van der Waals surface area (Å²) in [6.07, 6.45) is 0. The molecule has 1 heterocycles. The molecule has 1 aromatic carbocycles. The maximum absolute atomic E-state index is 13.2. The highest BCUT2D eigenvalue weighted by Gasteiger charge is 2.14. The molecule has 1 aromatic heterocycles. The summed E-state index contributed by atoms with van der Waals surface area (Å²) in [5.41, 5.74) is 2.56. The van der Waals surface area contributed by atoms with Gasteiger partial charge in [0.25, 0.3) is 0 Å². The molecule has 0 aliphatic heterocycles. The Labute approximate surface area is 140 Å². The van der Waals surface area contributed by atoms with Crippen LogP contribution in [0.3, 0.4) is 0 Å². The smallest absolute Gasteiger partial charge is 0.233 e. The second-order valence-electron chi connectivity index (χ2n) is 5.26. The topological polar surface area (TPSA) is 46.1 Å². The van der Waals surface area contributed by atoms with Crippen LogP contribution in [-0.4, -0.2) is 33.1 Å². The van der Waals surface area contributed by atoms with Crippen LogP contribution in [0.15, 0.2) is 35.5 Å². The molecule has 1 amide bonds. The summed E-state index contributed by atoms with van der Waals surface area (Å²) >= 11 is 1.33. The van der Waals surface area contributed by atoms with Gasteiger partial charge in [-0.2, -0.15) is 0 Å². The van der Waals surface area contributed by atoms with Gasteiger partial charge in [0.2, 0.25) is 5.91 Å². The number of nitrogens with zero attached hydrogens (tertiary/aromatic N) is 3. The largest absolute Gasteiger partial charge is 0.338 e. The number of benzene rings is 1. The predicted octanol–water partition coefficient (Wildman–Crippen LogP) is 3.37. The highest BCUT2D eigenvalue weighted by Crippen LogP contribution is 2.16. The van der Waals surface area contributed by atoms with Crippen molar-refractivity contribution in [3.8, 4) is 0 Å². The Kier molecular flexibility index (Phi) is 6.10. The van der Waals surface area contributed by atoms with Gasteiger partial charge in [0.05, 0.1) is 5.75 Å². The highest BCUT2D eigenvalue weighted by molar-refractivity contribution is 7.99. The molecule has 2 aromatic rings. The second kappa shape index (κ2) is 8.06. The second-order valence-corrected chi connectivity index (χ2v) is 6.20. The molecule has 0 radical (unpaired) electrons. The van der Waals surface area contributed by atoms with Gasteiger partial charge in [-0.3, -0.25) is 4.79 Å². The zero-order chi connectivity index (χ0) is 16.8. The molecule has 0 N–H and O–H groups in total. The number of carbonyl (C=O) groups is 1. The number of hydrogen-bond donors (Lipinski definition) is 0. The molecule has 0 aliphatic rings. The molecule has 0 aliphatic carbocycles. The van der Waals surface area contributed by atoms with Crippen LogP contribution in [-0.2, 0) is 11.3 Å². The van der Waals surface area contributed by atoms with Crippen molar-refractivity contribution >= 4 is 17.7 Å². The van der Waals surface area contributed by atoms with Gasteiger partial charge in [-0.1, -0.05) is 23.9 Å². The summed E-state index contributed by atoms with van der Waals surface area (Å²) in [4.78, 5) is 22.7. The lowest BCUT2D eigenvalue weighted by molar-refractivity contribution is -0.128. The minimum atomic E-state index is -0.288. The zero-order valence-electron chi connectivity index (χ0n) is 13.5. The van der Waals surface area contributed by atoms with Crippen LogP contribution in [0.1, 0.15) is 23.9 Å². The van der Waals surface area contributed by atoms with Gasteiger partial charge in [-0.15, -0.1) is 0 Å². The van der Waals surface area contributed by atoms with Crippen molar-refractivity contribution < 1.29 is 9.18 Å². The van der Waals surface area contributed by atoms with Crippen molar-refractivity contribution in [2.24, 2.45) is 0 Å². The summed E-state index contributed by atoms with van der Waals surface area (Å²) in [6, 6.07) is 8.22. The summed E-state index contributed by atoms with van der Waals surface area (Å²) in [7, 11) is 0. The molecule has 0 bridgehead atoms. The molecule has 6 heteroatoms. The number of amides is 1. The van der Waals surface area contributed by atoms with Crippen molar-refractivity contribution in [3.05, 3.63) is 53.1 Å². The fourth-order valence-corrected chi connectivity index (χ4v) is 3.06. The van der Waals surface area contributed by atoms with Gasteiger partial charge in [-0.25, -0.2) is 14.4 Å². The normalized spacial score (nSPS) is 10.6. The van der Waals surface area contributed by atoms with E-state index in [9.17, 15) is 9.18 Å². The molecule has 0 spiro atoms. The quantitative estimate of drug-likeness (QED) is 0.601. The first-order valence-corrected chi connectivity index (χ1v) is 8.43. The van der Waals surface area contributed by atoms with E-state index in [4.69, 9.17) is 0 Å². The van der Waals surface area contributed by atoms with Gasteiger partial charge in [0.1, 0.15) is 5.82 Å². The Morgan fingerprint density at radius 2 is 1.91 bits per heavy atom. The van der Waals surface area contributed by atoms with E-state index in [0.29, 0.717) is 18.2 Å². The third kappa shape index (κ3) is 5.32. The molecular formula is C17H20FN3OS. The molecule has 0 fully saturated rings. The van der Waals surface area contributed by atoms with Crippen LogP contribution in [0.25, 0.3) is 0 Å². The third-order valence-corrected chi connectivity index (χ3v) is 4.12. The number of carbonyl (C=O) groups excluding carboxylic acids is 1. The third-order valence-electron chi connectivity index (χ3n) is 3.28. The Bertz CT molecular complexity index is 673. The number of thioether (sulfide) groups is 1. The van der Waals surface area contributed by atoms with Crippen LogP contribution in [0.2, 0.25) is 0 Å². The summed E-state index contributed by atoms with van der Waals surface area (Å²) in [5.74, 6) is -0.0278. The lowest BCUT2D eigenvalue weighted by atomic mass is 10.2. The van der Waals surface area contributed by atoms with Crippen LogP contribution in [0.5, 0.6) is 0 Å². The van der Waals surface area contributed by atoms with Crippen molar-refractivity contribution in [3.63, 3.8) is 0 Å². The maximum atomic E-state index is 13.2. The lowest BCUT2D eigenvalue weighted by Gasteiger charge is -2.20. The van der Waals surface area contributed by atoms with E-state index in [1.165, 1.54) is 23.9 Å². The molecule has 0 unspecified atom stereocenters. The van der Waals surface area contributed by atoms with Crippen LogP contribution in [0, 0.1) is 19.7 Å². The standard InChI is InChI=1S/C17H20FN3OS/c1-4-21(10-14-6-5-7-15(18)9-14)16(22)11-23-17-19-12(2)8-13(3)20-17/h5-9H,4,10-11H2,1-3H3. The highest BCUT2D eigenvalue weighted by atomic mass is 32.2. The Morgan fingerprint density at radius 3 is 2.52 bits per heavy atom. The lowest BCUT2D eigenvalue weighted by Crippen LogP contribution is -2.31. The zero-order valence-corrected chi connectivity index (χ0v) is 14.4. The summed E-state index contributed by atoms with van der Waals surface area (Å²) in [6.45, 7) is 6.70. The van der Waals surface area contributed by atoms with E-state index in [-0.39, 0.29) is 17.5 Å². The number of rotatable bonds is 6. The molecule has 0 atom stereocenters. The first kappa shape index (κ1) is 17.4. The van der Waals surface area contributed by atoms with E-state index in [1.54, 1.807) is 11.0 Å². The average Bonchev–Trinajstić information content (AvgIpc) is 2.49. The Balaban J connectivity index is 1.97. The molecule has 0 saturated heterocycles. The first-order chi connectivity index (χ1) is 11.0. The van der Waals surface area contributed by atoms with E-state index < -0.39 is 0 Å². The van der Waals surface area contributed by atoms with Gasteiger partial charge in [0.15, 0.2) is 5.16 Å². The van der Waals surface area contributed by atoms with Crippen molar-refractivity contribution in [2.75, 3.05) is 12.3 Å². The van der Waals surface area contributed by atoms with E-state index in [2.05, 4.69) is 9.97 Å². The van der Waals surface area contributed by atoms with Crippen LogP contribution in [0.4, 0.5) is 4.39 Å². The molecule has 122 valence electrons. The Hall–Kier alpha value is -1.95. The van der Waals surface area contributed by atoms with E-state index in [0.717, 1.165) is 17.0 Å². The summed E-state index contributed by atoms with van der Waals surface area (Å²) in [5, 5.41) is 0.609. The fraction of sp³-hybridized carbons (Fsp3) is 0.353. The fourth-order valence-electron chi connectivity index (χ4n) is 2.21. The van der Waals surface area contributed by atoms with Crippen LogP contribution < -0.4 is 0 Å². The average molecular weight is 333 g/mol. The minimum Gasteiger partial charge on any atom is -0.338 e. The van der Waals surface area contributed by atoms with E-state index in [1.807, 2.05) is 32.9 Å². The number of hydrogen-bond acceptors (Lipinski definition) is 4. The van der Waals surface area contributed by atoms with Gasteiger partial charge >= 0.3 is 0 Å². The van der Waals surface area contributed by atoms with Crippen molar-refractivity contribution in [2.45, 2.75) is 32.5 Å². The predicted molar refractivity (Wildman–Crippen MR) is 89.7 cm³/mol.